The largest absolute Gasteiger partial charge is 0.573 e. The predicted molar refractivity (Wildman–Crippen MR) is 269 cm³/mol. The maximum absolute atomic E-state index is 13.3. The Labute approximate surface area is 451 Å². The highest BCUT2D eigenvalue weighted by molar-refractivity contribution is 7.94. The lowest BCUT2D eigenvalue weighted by atomic mass is 9.88. The minimum absolute atomic E-state index is 0.0141. The van der Waals surface area contributed by atoms with E-state index < -0.39 is 76.7 Å². The van der Waals surface area contributed by atoms with Crippen molar-refractivity contribution in [1.82, 2.24) is 20.8 Å². The van der Waals surface area contributed by atoms with Gasteiger partial charge in [0, 0.05) is 44.2 Å². The van der Waals surface area contributed by atoms with Gasteiger partial charge in [0.05, 0.1) is 34.8 Å². The van der Waals surface area contributed by atoms with Gasteiger partial charge in [-0.2, -0.15) is 0 Å². The van der Waals surface area contributed by atoms with Crippen molar-refractivity contribution in [1.29, 1.82) is 0 Å². The Morgan fingerprint density at radius 2 is 1.12 bits per heavy atom. The van der Waals surface area contributed by atoms with Crippen LogP contribution in [0.5, 0.6) is 17.2 Å². The number of sulfone groups is 2. The molecule has 3 aliphatic heterocycles. The van der Waals surface area contributed by atoms with E-state index in [1.807, 2.05) is 0 Å². The van der Waals surface area contributed by atoms with Gasteiger partial charge in [-0.1, -0.05) is 61.2 Å². The molecule has 6 amide bonds. The number of hydroxylamine groups is 2. The molecular weight excluding hydrogens is 1090 g/mol. The summed E-state index contributed by atoms with van der Waals surface area (Å²) in [6.45, 7) is 0.558. The first-order chi connectivity index (χ1) is 37.1. The van der Waals surface area contributed by atoms with E-state index >= 15 is 0 Å². The van der Waals surface area contributed by atoms with Crippen LogP contribution in [0.15, 0.2) is 107 Å². The van der Waals surface area contributed by atoms with Crippen LogP contribution in [0.3, 0.4) is 0 Å². The van der Waals surface area contributed by atoms with Gasteiger partial charge < -0.3 is 18.9 Å². The van der Waals surface area contributed by atoms with Crippen LogP contribution in [0.25, 0.3) is 0 Å². The highest BCUT2D eigenvalue weighted by atomic mass is 35.5. The van der Waals surface area contributed by atoms with Gasteiger partial charge in [-0.05, 0) is 116 Å². The van der Waals surface area contributed by atoms with Gasteiger partial charge in [0.2, 0.25) is 23.6 Å². The predicted octanol–water partition coefficient (Wildman–Crippen LogP) is 6.36. The molecule has 0 spiro atoms. The fourth-order valence-corrected chi connectivity index (χ4v) is 14.3. The lowest BCUT2D eigenvalue weighted by Crippen LogP contribution is -2.54. The number of hydrogen-bond donors (Lipinski definition) is 4. The zero-order valence-corrected chi connectivity index (χ0v) is 44.1. The second-order valence-corrected chi connectivity index (χ2v) is 23.7. The monoisotopic (exact) mass is 1150 g/mol. The van der Waals surface area contributed by atoms with E-state index in [9.17, 15) is 64.0 Å². The fraction of sp³-hybridized carbons (Fsp3) is 0.423. The zero-order chi connectivity index (χ0) is 56.5. The molecule has 0 radical (unpaired) electrons. The number of nitrogens with zero attached hydrogens (tertiary/aromatic N) is 2. The third kappa shape index (κ3) is 12.8. The van der Waals surface area contributed by atoms with Crippen LogP contribution >= 0.6 is 11.6 Å². The van der Waals surface area contributed by atoms with Crippen molar-refractivity contribution in [2.45, 2.75) is 108 Å². The summed E-state index contributed by atoms with van der Waals surface area (Å²) in [7, 11) is -8.24. The summed E-state index contributed by atoms with van der Waals surface area (Å²) < 4.78 is 108. The van der Waals surface area contributed by atoms with Gasteiger partial charge >= 0.3 is 6.36 Å². The van der Waals surface area contributed by atoms with E-state index in [1.165, 1.54) is 76.5 Å². The number of hydrogen-bond acceptors (Lipinski definition) is 16. The number of carbonyl (C=O) groups is 6. The molecule has 4 aromatic carbocycles. The maximum atomic E-state index is 13.3. The number of imide groups is 2. The Morgan fingerprint density at radius 3 is 1.60 bits per heavy atom. The number of rotatable bonds is 19. The van der Waals surface area contributed by atoms with E-state index in [0.717, 1.165) is 23.5 Å². The van der Waals surface area contributed by atoms with E-state index in [0.29, 0.717) is 41.3 Å². The summed E-state index contributed by atoms with van der Waals surface area (Å²) in [4.78, 5) is 77.3. The Kier molecular flexibility index (Phi) is 18.9. The molecule has 0 aromatic heterocycles. The lowest BCUT2D eigenvalue weighted by Gasteiger charge is -2.34. The Morgan fingerprint density at radius 1 is 0.641 bits per heavy atom. The van der Waals surface area contributed by atoms with Crippen LogP contribution in [-0.2, 0) is 53.2 Å². The first kappa shape index (κ1) is 59.0. The minimum Gasteiger partial charge on any atom is -0.494 e. The first-order valence-electron chi connectivity index (χ1n) is 24.8. The Bertz CT molecular complexity index is 3080. The third-order valence-corrected chi connectivity index (χ3v) is 19.5. The van der Waals surface area contributed by atoms with Crippen LogP contribution in [0.2, 0.25) is 5.02 Å². The summed E-state index contributed by atoms with van der Waals surface area (Å²) >= 11 is 6.20. The Hall–Kier alpha value is -6.64. The quantitative estimate of drug-likeness (QED) is 0.0344. The van der Waals surface area contributed by atoms with Crippen molar-refractivity contribution >= 4 is 66.7 Å². The SMILES string of the molecule is O=C1CC(c2cccc(OC(F)(F)F)c2)C(=O)N1CCCOc1ccc(S(=O)(=O)C2(C(=O)NO)CCOCC2)cc1.O=C1CC(c2ccccc2Cl)C(=O)N1CCCOc1ccc(S(=O)(=O)C2(C(=O)NO)CCCCC2)cc1. The van der Waals surface area contributed by atoms with E-state index in [2.05, 4.69) is 4.74 Å². The molecule has 1 saturated carbocycles. The average Bonchev–Trinajstić information content (AvgIpc) is 3.95. The van der Waals surface area contributed by atoms with Gasteiger partial charge in [0.1, 0.15) is 17.2 Å². The summed E-state index contributed by atoms with van der Waals surface area (Å²) in [5.41, 5.74) is 3.87. The smallest absolute Gasteiger partial charge is 0.494 e. The Balaban J connectivity index is 0.000000227. The van der Waals surface area contributed by atoms with Gasteiger partial charge in [0.15, 0.2) is 29.2 Å². The fourth-order valence-electron chi connectivity index (χ4n) is 10.00. The summed E-state index contributed by atoms with van der Waals surface area (Å²) in [5.74, 6) is -4.77. The molecule has 1 aliphatic carbocycles. The van der Waals surface area contributed by atoms with Crippen molar-refractivity contribution in [3.8, 4) is 17.2 Å². The normalized spacial score (nSPS) is 19.4. The highest BCUT2D eigenvalue weighted by Gasteiger charge is 2.53. The van der Waals surface area contributed by atoms with Crippen molar-refractivity contribution in [2.24, 2.45) is 0 Å². The van der Waals surface area contributed by atoms with Gasteiger partial charge in [-0.15, -0.1) is 13.2 Å². The number of alkyl halides is 3. The van der Waals surface area contributed by atoms with Gasteiger partial charge in [-0.3, -0.25) is 49.0 Å². The molecule has 4 fully saturated rings. The molecule has 8 rings (SSSR count). The molecule has 3 heterocycles. The number of nitrogens with one attached hydrogen (secondary N) is 2. The standard InChI is InChI=1S/C26H29ClN2O7S.C26H27F3N2O9S/c27-22-8-3-2-7-20(22)21-17-23(30)29(24(21)31)15-6-16-36-18-9-11-19(12-10-18)37(34,35)26(25(32)28-33)13-4-1-5-14-26;27-26(28,29)40-19-4-1-3-17(15-19)21-16-22(32)31(23(21)33)11-2-12-39-18-5-7-20(8-6-18)41(36,37)25(24(34)30-35)9-13-38-14-10-25/h2-3,7-12,21,33H,1,4-6,13-17H2,(H,28,32);1,3-8,15,21,35H,2,9-14,16H2,(H,30,34). The van der Waals surface area contributed by atoms with Crippen molar-refractivity contribution < 1.29 is 88.1 Å². The van der Waals surface area contributed by atoms with Crippen LogP contribution in [0.1, 0.15) is 93.6 Å². The summed E-state index contributed by atoms with van der Waals surface area (Å²) in [6.07, 6.45) is -2.34. The van der Waals surface area contributed by atoms with Crippen molar-refractivity contribution in [2.75, 3.05) is 39.5 Å². The second kappa shape index (κ2) is 25.0. The molecule has 3 saturated heterocycles. The zero-order valence-electron chi connectivity index (χ0n) is 41.7. The maximum Gasteiger partial charge on any atom is 0.573 e. The molecule has 2 atom stereocenters. The molecule has 4 aromatic rings. The summed E-state index contributed by atoms with van der Waals surface area (Å²) in [5, 5.41) is 18.8. The van der Waals surface area contributed by atoms with Crippen LogP contribution in [0.4, 0.5) is 13.2 Å². The van der Waals surface area contributed by atoms with Gasteiger partial charge in [-0.25, -0.2) is 27.8 Å². The molecule has 4 N–H and O–H groups in total. The second-order valence-electron chi connectivity index (χ2n) is 18.8. The molecule has 0 bridgehead atoms. The highest BCUT2D eigenvalue weighted by Crippen LogP contribution is 2.41. The molecule has 420 valence electrons. The number of benzene rings is 4. The first-order valence-corrected chi connectivity index (χ1v) is 28.1. The third-order valence-electron chi connectivity index (χ3n) is 14.1. The van der Waals surface area contributed by atoms with Gasteiger partial charge in [0.25, 0.3) is 11.8 Å². The number of amides is 6. The topological polar surface area (TPSA) is 279 Å². The lowest BCUT2D eigenvalue weighted by molar-refractivity contribution is -0.274. The molecule has 20 nitrogen and oxygen atoms in total. The summed E-state index contributed by atoms with van der Waals surface area (Å²) in [6, 6.07) is 23.1. The van der Waals surface area contributed by atoms with Crippen molar-refractivity contribution in [3.05, 3.63) is 113 Å². The number of carbonyl (C=O) groups excluding carboxylic acids is 6. The number of likely N-dealkylation sites (tertiary alicyclic amines) is 2. The molecule has 26 heteroatoms. The van der Waals surface area contributed by atoms with E-state index in [1.54, 1.807) is 24.3 Å². The van der Waals surface area contributed by atoms with Crippen LogP contribution in [-0.4, -0.2) is 128 Å². The molecule has 2 unspecified atom stereocenters. The van der Waals surface area contributed by atoms with E-state index in [-0.39, 0.29) is 112 Å². The minimum atomic E-state index is -4.89. The number of ether oxygens (including phenoxy) is 4. The van der Waals surface area contributed by atoms with Crippen LogP contribution in [0, 0.1) is 0 Å². The van der Waals surface area contributed by atoms with Crippen LogP contribution < -0.4 is 25.2 Å². The van der Waals surface area contributed by atoms with E-state index in [4.69, 9.17) is 31.0 Å². The van der Waals surface area contributed by atoms with Crippen molar-refractivity contribution in [3.63, 3.8) is 0 Å². The molecular formula is C52H56ClF3N4O16S2. The molecule has 4 aliphatic rings. The average molecular weight is 1150 g/mol. The molecule has 78 heavy (non-hydrogen) atoms. The number of halogens is 4.